The molecule has 0 saturated heterocycles. The highest BCUT2D eigenvalue weighted by Crippen LogP contribution is 2.25. The Morgan fingerprint density at radius 3 is 2.80 bits per heavy atom. The normalized spacial score (nSPS) is 11.1. The smallest absolute Gasteiger partial charge is 0.186 e. The van der Waals surface area contributed by atoms with Crippen LogP contribution in [0.25, 0.3) is 17.0 Å². The first-order valence-electron chi connectivity index (χ1n) is 8.02. The molecule has 0 aliphatic carbocycles. The fourth-order valence-corrected chi connectivity index (χ4v) is 3.55. The van der Waals surface area contributed by atoms with Crippen molar-refractivity contribution in [3.63, 3.8) is 0 Å². The zero-order chi connectivity index (χ0) is 17.2. The first-order valence-corrected chi connectivity index (χ1v) is 9.01. The van der Waals surface area contributed by atoms with Crippen LogP contribution in [-0.2, 0) is 5.75 Å². The second kappa shape index (κ2) is 6.64. The Balaban J connectivity index is 1.64. The van der Waals surface area contributed by atoms with E-state index in [1.54, 1.807) is 28.7 Å². The summed E-state index contributed by atoms with van der Waals surface area (Å²) in [6.45, 7) is 4.27. The van der Waals surface area contributed by atoms with Crippen LogP contribution in [0.1, 0.15) is 16.7 Å². The fourth-order valence-electron chi connectivity index (χ4n) is 2.63. The molecular weight excluding hydrogens is 330 g/mol. The third-order valence-corrected chi connectivity index (χ3v) is 5.01. The molecule has 0 fully saturated rings. The predicted molar refractivity (Wildman–Crippen MR) is 99.5 cm³/mol. The quantitative estimate of drug-likeness (QED) is 0.520. The van der Waals surface area contributed by atoms with Crippen LogP contribution >= 0.6 is 11.8 Å². The molecule has 0 saturated carbocycles. The van der Waals surface area contributed by atoms with Gasteiger partial charge in [-0.2, -0.15) is 9.61 Å². The molecule has 1 aromatic carbocycles. The summed E-state index contributed by atoms with van der Waals surface area (Å²) in [5.41, 5.74) is 5.55. The summed E-state index contributed by atoms with van der Waals surface area (Å²) in [5.74, 6) is 1.59. The summed E-state index contributed by atoms with van der Waals surface area (Å²) in [7, 11) is 0. The van der Waals surface area contributed by atoms with Crippen molar-refractivity contribution < 1.29 is 0 Å². The zero-order valence-electron chi connectivity index (χ0n) is 14.0. The molecule has 25 heavy (non-hydrogen) atoms. The molecule has 3 aromatic heterocycles. The summed E-state index contributed by atoms with van der Waals surface area (Å²) in [5, 5.41) is 14.1. The first kappa shape index (κ1) is 15.8. The lowest BCUT2D eigenvalue weighted by Gasteiger charge is -2.07. The number of nitrogens with zero attached hydrogens (tertiary/aromatic N) is 5. The summed E-state index contributed by atoms with van der Waals surface area (Å²) in [4.78, 5) is 4.15. The van der Waals surface area contributed by atoms with E-state index in [-0.39, 0.29) is 0 Å². The van der Waals surface area contributed by atoms with E-state index in [2.05, 4.69) is 47.2 Å². The molecule has 0 radical (unpaired) electrons. The lowest BCUT2D eigenvalue weighted by Crippen LogP contribution is -1.97. The molecule has 0 amide bonds. The van der Waals surface area contributed by atoms with Crippen LogP contribution in [0.2, 0.25) is 0 Å². The molecule has 4 aromatic rings. The lowest BCUT2D eigenvalue weighted by molar-refractivity contribution is 0.860. The number of benzene rings is 1. The molecule has 0 N–H and O–H groups in total. The largest absolute Gasteiger partial charge is 0.264 e. The van der Waals surface area contributed by atoms with E-state index in [9.17, 15) is 0 Å². The Bertz CT molecular complexity index is 1030. The maximum absolute atomic E-state index is 4.71. The maximum Gasteiger partial charge on any atom is 0.186 e. The van der Waals surface area contributed by atoms with E-state index in [4.69, 9.17) is 5.10 Å². The SMILES string of the molecule is Cc1ccc(C)c(CSc2ccc3nnc(-c4cccnc4)n3n2)c1. The second-order valence-corrected chi connectivity index (χ2v) is 6.92. The van der Waals surface area contributed by atoms with Crippen LogP contribution in [0.5, 0.6) is 0 Å². The number of hydrogen-bond donors (Lipinski definition) is 0. The topological polar surface area (TPSA) is 56.0 Å². The third kappa shape index (κ3) is 3.25. The molecule has 124 valence electrons. The second-order valence-electron chi connectivity index (χ2n) is 5.93. The third-order valence-electron chi connectivity index (χ3n) is 4.04. The Morgan fingerprint density at radius 1 is 1.04 bits per heavy atom. The molecule has 3 heterocycles. The molecule has 0 aliphatic heterocycles. The van der Waals surface area contributed by atoms with E-state index >= 15 is 0 Å². The molecule has 0 spiro atoms. The number of aromatic nitrogens is 5. The predicted octanol–water partition coefficient (Wildman–Crippen LogP) is 4.10. The van der Waals surface area contributed by atoms with Gasteiger partial charge in [0.1, 0.15) is 5.03 Å². The Kier molecular flexibility index (Phi) is 4.19. The van der Waals surface area contributed by atoms with Crippen molar-refractivity contribution in [2.24, 2.45) is 0 Å². The first-order chi connectivity index (χ1) is 12.2. The summed E-state index contributed by atoms with van der Waals surface area (Å²) >= 11 is 1.72. The van der Waals surface area contributed by atoms with Crippen LogP contribution in [0.3, 0.4) is 0 Å². The van der Waals surface area contributed by atoms with Gasteiger partial charge in [0.05, 0.1) is 0 Å². The van der Waals surface area contributed by atoms with Crippen LogP contribution in [0.15, 0.2) is 59.9 Å². The fraction of sp³-hybridized carbons (Fsp3) is 0.158. The summed E-state index contributed by atoms with van der Waals surface area (Å²) in [6.07, 6.45) is 3.51. The van der Waals surface area contributed by atoms with Gasteiger partial charge in [-0.1, -0.05) is 35.5 Å². The van der Waals surface area contributed by atoms with Gasteiger partial charge in [0.15, 0.2) is 11.5 Å². The monoisotopic (exact) mass is 347 g/mol. The van der Waals surface area contributed by atoms with Crippen LogP contribution in [-0.4, -0.2) is 24.8 Å². The highest BCUT2D eigenvalue weighted by Gasteiger charge is 2.10. The molecule has 6 heteroatoms. The van der Waals surface area contributed by atoms with E-state index in [0.717, 1.165) is 22.0 Å². The van der Waals surface area contributed by atoms with Crippen LogP contribution in [0.4, 0.5) is 0 Å². The van der Waals surface area contributed by atoms with Crippen molar-refractivity contribution in [3.05, 3.63) is 71.5 Å². The van der Waals surface area contributed by atoms with Crippen molar-refractivity contribution >= 4 is 17.4 Å². The van der Waals surface area contributed by atoms with Crippen LogP contribution < -0.4 is 0 Å². The Hall–Kier alpha value is -2.73. The van der Waals surface area contributed by atoms with Crippen molar-refractivity contribution in [1.82, 2.24) is 24.8 Å². The van der Waals surface area contributed by atoms with Gasteiger partial charge < -0.3 is 0 Å². The summed E-state index contributed by atoms with van der Waals surface area (Å²) in [6, 6.07) is 14.3. The van der Waals surface area contributed by atoms with Gasteiger partial charge in [0.25, 0.3) is 0 Å². The molecule has 0 aliphatic rings. The van der Waals surface area contributed by atoms with Gasteiger partial charge in [0, 0.05) is 23.7 Å². The highest BCUT2D eigenvalue weighted by molar-refractivity contribution is 7.98. The van der Waals surface area contributed by atoms with Gasteiger partial charge in [-0.25, -0.2) is 0 Å². The van der Waals surface area contributed by atoms with Crippen LogP contribution in [0, 0.1) is 13.8 Å². The Morgan fingerprint density at radius 2 is 1.96 bits per heavy atom. The number of hydrogen-bond acceptors (Lipinski definition) is 5. The van der Waals surface area contributed by atoms with Crippen molar-refractivity contribution in [2.75, 3.05) is 0 Å². The number of pyridine rings is 1. The molecule has 4 rings (SSSR count). The van der Waals surface area contributed by atoms with E-state index in [1.165, 1.54) is 16.7 Å². The molecule has 0 unspecified atom stereocenters. The average Bonchev–Trinajstić information content (AvgIpc) is 3.06. The van der Waals surface area contributed by atoms with E-state index in [1.807, 2.05) is 24.3 Å². The van der Waals surface area contributed by atoms with Gasteiger partial charge in [0.2, 0.25) is 0 Å². The minimum Gasteiger partial charge on any atom is -0.264 e. The lowest BCUT2D eigenvalue weighted by atomic mass is 10.1. The van der Waals surface area contributed by atoms with Crippen molar-refractivity contribution in [2.45, 2.75) is 24.6 Å². The van der Waals surface area contributed by atoms with Gasteiger partial charge in [-0.05, 0) is 49.2 Å². The molecule has 0 bridgehead atoms. The minimum atomic E-state index is 0.706. The minimum absolute atomic E-state index is 0.706. The molecule has 0 atom stereocenters. The van der Waals surface area contributed by atoms with E-state index < -0.39 is 0 Å². The number of aryl methyl sites for hydroxylation is 2. The van der Waals surface area contributed by atoms with Gasteiger partial charge in [-0.15, -0.1) is 10.2 Å². The highest BCUT2D eigenvalue weighted by atomic mass is 32.2. The van der Waals surface area contributed by atoms with Crippen molar-refractivity contribution in [1.29, 1.82) is 0 Å². The van der Waals surface area contributed by atoms with Gasteiger partial charge in [-0.3, -0.25) is 4.98 Å². The number of thioether (sulfide) groups is 1. The standard InChI is InChI=1S/C19H17N5S/c1-13-5-6-14(2)16(10-13)12-25-18-8-7-17-21-22-19(24(17)23-18)15-4-3-9-20-11-15/h3-11H,12H2,1-2H3. The Labute approximate surface area is 150 Å². The van der Waals surface area contributed by atoms with Gasteiger partial charge >= 0.3 is 0 Å². The average molecular weight is 347 g/mol. The zero-order valence-corrected chi connectivity index (χ0v) is 14.9. The van der Waals surface area contributed by atoms with E-state index in [0.29, 0.717) is 5.82 Å². The molecule has 5 nitrogen and oxygen atoms in total. The van der Waals surface area contributed by atoms with Crippen molar-refractivity contribution in [3.8, 4) is 11.4 Å². The summed E-state index contributed by atoms with van der Waals surface area (Å²) < 4.78 is 1.78. The number of fused-ring (bicyclic) bond motifs is 1. The number of rotatable bonds is 4. The molecular formula is C19H17N5S. The maximum atomic E-state index is 4.71.